The molecule has 0 saturated carbocycles. The summed E-state index contributed by atoms with van der Waals surface area (Å²) in [7, 11) is -2.20. The molecule has 0 spiro atoms. The second-order valence-corrected chi connectivity index (χ2v) is 10.3. The number of ether oxygens (including phenoxy) is 1. The number of piperidine rings is 1. The Bertz CT molecular complexity index is 1060. The third kappa shape index (κ3) is 4.74. The van der Waals surface area contributed by atoms with E-state index in [0.717, 1.165) is 38.3 Å². The number of aryl methyl sites for hydroxylation is 1. The standard InChI is InChI=1S/C19H25F3N6O3S/c1-13-4-3-5-27(7-13)14-8-28(32(29,30)18-10-26(2)12-25-18)9-15(14)31-17-6-16(19(20,21)22)23-11-24-17/h6,10-15H,3-5,7-9H2,1-2H3. The van der Waals surface area contributed by atoms with E-state index in [0.29, 0.717) is 5.92 Å². The summed E-state index contributed by atoms with van der Waals surface area (Å²) in [5.41, 5.74) is -1.11. The summed E-state index contributed by atoms with van der Waals surface area (Å²) in [5.74, 6) is 0.200. The second kappa shape index (κ2) is 8.60. The Hall–Kier alpha value is -2.25. The molecule has 0 amide bonds. The first-order valence-corrected chi connectivity index (χ1v) is 11.8. The fraction of sp³-hybridized carbons (Fsp3) is 0.632. The normalized spacial score (nSPS) is 25.8. The smallest absolute Gasteiger partial charge is 0.433 e. The van der Waals surface area contributed by atoms with Crippen LogP contribution >= 0.6 is 0 Å². The van der Waals surface area contributed by atoms with Gasteiger partial charge in [-0.2, -0.15) is 17.5 Å². The first-order valence-electron chi connectivity index (χ1n) is 10.3. The first kappa shape index (κ1) is 22.9. The highest BCUT2D eigenvalue weighted by atomic mass is 32.2. The molecule has 4 heterocycles. The Morgan fingerprint density at radius 1 is 1.16 bits per heavy atom. The van der Waals surface area contributed by atoms with E-state index in [9.17, 15) is 21.6 Å². The van der Waals surface area contributed by atoms with Crippen LogP contribution in [-0.4, -0.2) is 75.5 Å². The van der Waals surface area contributed by atoms with Gasteiger partial charge in [0.2, 0.25) is 5.88 Å². The first-order chi connectivity index (χ1) is 15.0. The van der Waals surface area contributed by atoms with Crippen molar-refractivity contribution in [3.05, 3.63) is 30.6 Å². The van der Waals surface area contributed by atoms with Gasteiger partial charge in [0.25, 0.3) is 10.0 Å². The molecule has 9 nitrogen and oxygen atoms in total. The van der Waals surface area contributed by atoms with Crippen LogP contribution in [0.4, 0.5) is 13.2 Å². The van der Waals surface area contributed by atoms with Crippen LogP contribution in [-0.2, 0) is 23.2 Å². The number of imidazole rings is 1. The van der Waals surface area contributed by atoms with Crippen molar-refractivity contribution in [3.8, 4) is 5.88 Å². The molecule has 2 aliphatic rings. The van der Waals surface area contributed by atoms with Gasteiger partial charge in [0.1, 0.15) is 12.4 Å². The summed E-state index contributed by atoms with van der Waals surface area (Å²) in [5, 5.41) is -0.0761. The lowest BCUT2D eigenvalue weighted by Gasteiger charge is -2.37. The summed E-state index contributed by atoms with van der Waals surface area (Å²) in [6.07, 6.45) is 0.339. The summed E-state index contributed by atoms with van der Waals surface area (Å²) in [4.78, 5) is 13.2. The molecule has 176 valence electrons. The monoisotopic (exact) mass is 474 g/mol. The van der Waals surface area contributed by atoms with Crippen molar-refractivity contribution in [2.45, 2.75) is 43.1 Å². The van der Waals surface area contributed by atoms with Crippen molar-refractivity contribution in [3.63, 3.8) is 0 Å². The topological polar surface area (TPSA) is 93.5 Å². The Morgan fingerprint density at radius 2 is 1.94 bits per heavy atom. The van der Waals surface area contributed by atoms with E-state index in [1.165, 1.54) is 16.8 Å². The molecule has 0 aromatic carbocycles. The van der Waals surface area contributed by atoms with E-state index in [4.69, 9.17) is 4.74 Å². The van der Waals surface area contributed by atoms with Gasteiger partial charge in [-0.15, -0.1) is 0 Å². The number of aromatic nitrogens is 4. The van der Waals surface area contributed by atoms with Crippen molar-refractivity contribution in [2.75, 3.05) is 26.2 Å². The summed E-state index contributed by atoms with van der Waals surface area (Å²) in [6.45, 7) is 3.80. The molecule has 3 atom stereocenters. The van der Waals surface area contributed by atoms with Crippen LogP contribution in [0, 0.1) is 5.92 Å². The van der Waals surface area contributed by atoms with Gasteiger partial charge in [-0.1, -0.05) is 6.92 Å². The average molecular weight is 475 g/mol. The molecule has 4 rings (SSSR count). The van der Waals surface area contributed by atoms with E-state index < -0.39 is 28.0 Å². The maximum atomic E-state index is 13.1. The number of rotatable bonds is 5. The number of hydrogen-bond acceptors (Lipinski definition) is 7. The zero-order valence-electron chi connectivity index (χ0n) is 17.7. The van der Waals surface area contributed by atoms with Crippen LogP contribution in [0.2, 0.25) is 0 Å². The van der Waals surface area contributed by atoms with Crippen molar-refractivity contribution in [1.82, 2.24) is 28.7 Å². The number of alkyl halides is 3. The molecule has 0 bridgehead atoms. The molecule has 2 fully saturated rings. The highest BCUT2D eigenvalue weighted by Crippen LogP contribution is 2.31. The molecule has 2 aromatic rings. The van der Waals surface area contributed by atoms with Gasteiger partial charge in [0.15, 0.2) is 10.7 Å². The van der Waals surface area contributed by atoms with E-state index in [-0.39, 0.29) is 30.0 Å². The lowest BCUT2D eigenvalue weighted by molar-refractivity contribution is -0.141. The second-order valence-electron chi connectivity index (χ2n) is 8.40. The van der Waals surface area contributed by atoms with Gasteiger partial charge in [-0.05, 0) is 25.3 Å². The van der Waals surface area contributed by atoms with Crippen molar-refractivity contribution in [1.29, 1.82) is 0 Å². The predicted octanol–water partition coefficient (Wildman–Crippen LogP) is 1.78. The molecular formula is C19H25F3N6O3S. The molecule has 2 saturated heterocycles. The summed E-state index contributed by atoms with van der Waals surface area (Å²) in [6, 6.07) is 0.423. The van der Waals surface area contributed by atoms with Crippen LogP contribution in [0.1, 0.15) is 25.5 Å². The Morgan fingerprint density at radius 3 is 2.59 bits per heavy atom. The minimum Gasteiger partial charge on any atom is -0.471 e. The van der Waals surface area contributed by atoms with Gasteiger partial charge < -0.3 is 9.30 Å². The van der Waals surface area contributed by atoms with Crippen molar-refractivity contribution in [2.24, 2.45) is 13.0 Å². The van der Waals surface area contributed by atoms with E-state index in [2.05, 4.69) is 26.8 Å². The molecule has 13 heteroatoms. The molecule has 2 aliphatic heterocycles. The number of sulfonamides is 1. The zero-order chi connectivity index (χ0) is 23.1. The lowest BCUT2D eigenvalue weighted by Crippen LogP contribution is -2.49. The molecule has 32 heavy (non-hydrogen) atoms. The molecule has 0 N–H and O–H groups in total. The van der Waals surface area contributed by atoms with Crippen LogP contribution in [0.3, 0.4) is 0 Å². The molecular weight excluding hydrogens is 449 g/mol. The number of nitrogens with zero attached hydrogens (tertiary/aromatic N) is 6. The van der Waals surface area contributed by atoms with Gasteiger partial charge in [0, 0.05) is 32.4 Å². The molecule has 2 aromatic heterocycles. The quantitative estimate of drug-likeness (QED) is 0.652. The van der Waals surface area contributed by atoms with Crippen LogP contribution in [0.25, 0.3) is 0 Å². The van der Waals surface area contributed by atoms with Gasteiger partial charge in [0.05, 0.1) is 18.9 Å². The molecule has 0 radical (unpaired) electrons. The van der Waals surface area contributed by atoms with Crippen molar-refractivity contribution < 1.29 is 26.3 Å². The largest absolute Gasteiger partial charge is 0.471 e. The van der Waals surface area contributed by atoms with Crippen molar-refractivity contribution >= 4 is 10.0 Å². The predicted molar refractivity (Wildman–Crippen MR) is 107 cm³/mol. The maximum Gasteiger partial charge on any atom is 0.433 e. The molecule has 0 aliphatic carbocycles. The minimum atomic E-state index is -4.63. The number of hydrogen-bond donors (Lipinski definition) is 0. The SMILES string of the molecule is CC1CCCN(C2CN(S(=O)(=O)c3cn(C)cn3)CC2Oc2cc(C(F)(F)F)ncn2)C1. The van der Waals surface area contributed by atoms with Crippen LogP contribution in [0.15, 0.2) is 29.9 Å². The Kier molecular flexibility index (Phi) is 6.16. The number of halogens is 3. The highest BCUT2D eigenvalue weighted by Gasteiger charge is 2.45. The Labute approximate surface area is 184 Å². The maximum absolute atomic E-state index is 13.1. The van der Waals surface area contributed by atoms with E-state index in [1.807, 2.05) is 0 Å². The minimum absolute atomic E-state index is 0.0141. The van der Waals surface area contributed by atoms with E-state index >= 15 is 0 Å². The number of likely N-dealkylation sites (tertiary alicyclic amines) is 1. The lowest BCUT2D eigenvalue weighted by atomic mass is 9.98. The molecule has 3 unspecified atom stereocenters. The van der Waals surface area contributed by atoms with E-state index in [1.54, 1.807) is 11.6 Å². The fourth-order valence-electron chi connectivity index (χ4n) is 4.28. The third-order valence-corrected chi connectivity index (χ3v) is 7.57. The van der Waals surface area contributed by atoms with Gasteiger partial charge in [-0.25, -0.2) is 23.4 Å². The van der Waals surface area contributed by atoms with Gasteiger partial charge in [-0.3, -0.25) is 4.90 Å². The Balaban J connectivity index is 1.61. The average Bonchev–Trinajstić information content (AvgIpc) is 3.35. The highest BCUT2D eigenvalue weighted by molar-refractivity contribution is 7.89. The van der Waals surface area contributed by atoms with Gasteiger partial charge >= 0.3 is 6.18 Å². The zero-order valence-corrected chi connectivity index (χ0v) is 18.6. The van der Waals surface area contributed by atoms with Crippen LogP contribution < -0.4 is 4.74 Å². The van der Waals surface area contributed by atoms with Crippen LogP contribution in [0.5, 0.6) is 5.88 Å². The fourth-order valence-corrected chi connectivity index (χ4v) is 5.72. The third-order valence-electron chi connectivity index (χ3n) is 5.85. The summed E-state index contributed by atoms with van der Waals surface area (Å²) < 4.78 is 74.1. The summed E-state index contributed by atoms with van der Waals surface area (Å²) >= 11 is 0.